The molecular formula is C17H18ClNO2. The van der Waals surface area contributed by atoms with Gasteiger partial charge in [-0.25, -0.2) is 0 Å². The van der Waals surface area contributed by atoms with Crippen LogP contribution >= 0.6 is 11.6 Å². The minimum atomic E-state index is -0.586. The number of hydrogen-bond donors (Lipinski definition) is 1. The number of halogens is 1. The summed E-state index contributed by atoms with van der Waals surface area (Å²) in [5.41, 5.74) is 1.74. The van der Waals surface area contributed by atoms with Gasteiger partial charge in [0.05, 0.1) is 0 Å². The fraction of sp³-hybridized carbons (Fsp3) is 0.235. The Bertz CT molecular complexity index is 628. The summed E-state index contributed by atoms with van der Waals surface area (Å²) in [5, 5.41) is 3.37. The highest BCUT2D eigenvalue weighted by molar-refractivity contribution is 6.30. The van der Waals surface area contributed by atoms with Crippen LogP contribution in [0.3, 0.4) is 0 Å². The molecule has 0 saturated carbocycles. The van der Waals surface area contributed by atoms with Gasteiger partial charge < -0.3 is 10.1 Å². The quantitative estimate of drug-likeness (QED) is 0.894. The number of aryl methyl sites for hydroxylation is 1. The monoisotopic (exact) mass is 303 g/mol. The van der Waals surface area contributed by atoms with Gasteiger partial charge in [0.1, 0.15) is 5.75 Å². The van der Waals surface area contributed by atoms with Crippen molar-refractivity contribution < 1.29 is 9.53 Å². The van der Waals surface area contributed by atoms with E-state index in [9.17, 15) is 4.79 Å². The maximum atomic E-state index is 12.1. The van der Waals surface area contributed by atoms with Crippen LogP contribution in [0.25, 0.3) is 0 Å². The van der Waals surface area contributed by atoms with Crippen LogP contribution < -0.4 is 10.1 Å². The van der Waals surface area contributed by atoms with E-state index in [0.29, 0.717) is 10.7 Å². The summed E-state index contributed by atoms with van der Waals surface area (Å²) in [6.07, 6.45) is 0.274. The van der Waals surface area contributed by atoms with E-state index in [0.717, 1.165) is 17.7 Å². The van der Waals surface area contributed by atoms with Crippen molar-refractivity contribution in [2.75, 3.05) is 5.32 Å². The zero-order chi connectivity index (χ0) is 15.2. The van der Waals surface area contributed by atoms with Crippen LogP contribution in [0, 0.1) is 0 Å². The average Bonchev–Trinajstić information content (AvgIpc) is 2.47. The summed E-state index contributed by atoms with van der Waals surface area (Å²) in [4.78, 5) is 12.1. The van der Waals surface area contributed by atoms with Gasteiger partial charge in [0.25, 0.3) is 5.91 Å². The van der Waals surface area contributed by atoms with Gasteiger partial charge in [-0.2, -0.15) is 0 Å². The van der Waals surface area contributed by atoms with Crippen LogP contribution in [-0.4, -0.2) is 12.0 Å². The number of para-hydroxylation sites is 1. The van der Waals surface area contributed by atoms with Crippen molar-refractivity contribution in [3.05, 3.63) is 59.1 Å². The van der Waals surface area contributed by atoms with E-state index >= 15 is 0 Å². The van der Waals surface area contributed by atoms with Gasteiger partial charge in [-0.3, -0.25) is 4.79 Å². The molecule has 0 aromatic heterocycles. The predicted molar refractivity (Wildman–Crippen MR) is 86.0 cm³/mol. The van der Waals surface area contributed by atoms with Crippen LogP contribution in [0.4, 0.5) is 5.69 Å². The normalized spacial score (nSPS) is 11.8. The van der Waals surface area contributed by atoms with Gasteiger partial charge in [0, 0.05) is 10.7 Å². The van der Waals surface area contributed by atoms with Gasteiger partial charge in [0.15, 0.2) is 6.10 Å². The van der Waals surface area contributed by atoms with Gasteiger partial charge in [-0.15, -0.1) is 0 Å². The molecular weight excluding hydrogens is 286 g/mol. The molecule has 0 aliphatic rings. The first-order valence-corrected chi connectivity index (χ1v) is 7.29. The highest BCUT2D eigenvalue weighted by Crippen LogP contribution is 2.20. The van der Waals surface area contributed by atoms with Crippen molar-refractivity contribution in [3.8, 4) is 5.75 Å². The van der Waals surface area contributed by atoms with E-state index in [1.165, 1.54) is 0 Å². The molecule has 2 aromatic carbocycles. The van der Waals surface area contributed by atoms with Gasteiger partial charge in [0.2, 0.25) is 0 Å². The SMILES string of the molecule is CCc1ccccc1OC(C)C(=O)Nc1cccc(Cl)c1. The van der Waals surface area contributed by atoms with Crippen LogP contribution in [-0.2, 0) is 11.2 Å². The van der Waals surface area contributed by atoms with Crippen LogP contribution in [0.2, 0.25) is 5.02 Å². The molecule has 1 N–H and O–H groups in total. The van der Waals surface area contributed by atoms with Crippen molar-refractivity contribution in [2.45, 2.75) is 26.4 Å². The Hall–Kier alpha value is -2.00. The molecule has 0 bridgehead atoms. The van der Waals surface area contributed by atoms with Crippen molar-refractivity contribution in [2.24, 2.45) is 0 Å². The number of benzene rings is 2. The van der Waals surface area contributed by atoms with Crippen molar-refractivity contribution in [1.29, 1.82) is 0 Å². The number of carbonyl (C=O) groups is 1. The summed E-state index contributed by atoms with van der Waals surface area (Å²) in [7, 11) is 0. The molecule has 2 aromatic rings. The lowest BCUT2D eigenvalue weighted by Crippen LogP contribution is -2.30. The van der Waals surface area contributed by atoms with Crippen LogP contribution in [0.1, 0.15) is 19.4 Å². The highest BCUT2D eigenvalue weighted by atomic mass is 35.5. The van der Waals surface area contributed by atoms with Gasteiger partial charge >= 0.3 is 0 Å². The Kier molecular flexibility index (Phi) is 5.23. The number of amides is 1. The van der Waals surface area contributed by atoms with E-state index in [-0.39, 0.29) is 5.91 Å². The summed E-state index contributed by atoms with van der Waals surface area (Å²) >= 11 is 5.89. The summed E-state index contributed by atoms with van der Waals surface area (Å²) in [6.45, 7) is 3.78. The Morgan fingerprint density at radius 1 is 1.24 bits per heavy atom. The third kappa shape index (κ3) is 4.23. The number of hydrogen-bond acceptors (Lipinski definition) is 2. The molecule has 4 heteroatoms. The van der Waals surface area contributed by atoms with Gasteiger partial charge in [-0.05, 0) is 43.2 Å². The molecule has 0 radical (unpaired) electrons. The topological polar surface area (TPSA) is 38.3 Å². The first kappa shape index (κ1) is 15.4. The molecule has 0 fully saturated rings. The van der Waals surface area contributed by atoms with Crippen molar-refractivity contribution in [3.63, 3.8) is 0 Å². The number of anilines is 1. The Balaban J connectivity index is 2.02. The summed E-state index contributed by atoms with van der Waals surface area (Å²) in [6, 6.07) is 14.8. The third-order valence-corrected chi connectivity index (χ3v) is 3.35. The lowest BCUT2D eigenvalue weighted by Gasteiger charge is -2.17. The molecule has 2 rings (SSSR count). The number of rotatable bonds is 5. The largest absolute Gasteiger partial charge is 0.481 e. The van der Waals surface area contributed by atoms with E-state index in [4.69, 9.17) is 16.3 Å². The molecule has 110 valence electrons. The van der Waals surface area contributed by atoms with Gasteiger partial charge in [-0.1, -0.05) is 42.8 Å². The minimum Gasteiger partial charge on any atom is -0.481 e. The zero-order valence-electron chi connectivity index (χ0n) is 12.1. The smallest absolute Gasteiger partial charge is 0.265 e. The number of nitrogens with one attached hydrogen (secondary N) is 1. The van der Waals surface area contributed by atoms with E-state index in [2.05, 4.69) is 12.2 Å². The highest BCUT2D eigenvalue weighted by Gasteiger charge is 2.16. The lowest BCUT2D eigenvalue weighted by atomic mass is 10.1. The summed E-state index contributed by atoms with van der Waals surface area (Å²) in [5.74, 6) is 0.539. The number of carbonyl (C=O) groups excluding carboxylic acids is 1. The van der Waals surface area contributed by atoms with Crippen molar-refractivity contribution in [1.82, 2.24) is 0 Å². The molecule has 1 atom stereocenters. The lowest BCUT2D eigenvalue weighted by molar-refractivity contribution is -0.122. The maximum Gasteiger partial charge on any atom is 0.265 e. The summed E-state index contributed by atoms with van der Waals surface area (Å²) < 4.78 is 5.76. The van der Waals surface area contributed by atoms with E-state index in [1.807, 2.05) is 24.3 Å². The molecule has 0 aliphatic heterocycles. The Labute approximate surface area is 129 Å². The molecule has 21 heavy (non-hydrogen) atoms. The second-order valence-corrected chi connectivity index (χ2v) is 5.16. The molecule has 1 unspecified atom stereocenters. The average molecular weight is 304 g/mol. The first-order chi connectivity index (χ1) is 10.1. The fourth-order valence-electron chi connectivity index (χ4n) is 1.96. The molecule has 3 nitrogen and oxygen atoms in total. The first-order valence-electron chi connectivity index (χ1n) is 6.91. The third-order valence-electron chi connectivity index (χ3n) is 3.12. The van der Waals surface area contributed by atoms with Crippen molar-refractivity contribution >= 4 is 23.2 Å². The zero-order valence-corrected chi connectivity index (χ0v) is 12.9. The Morgan fingerprint density at radius 3 is 2.71 bits per heavy atom. The maximum absolute atomic E-state index is 12.1. The minimum absolute atomic E-state index is 0.205. The fourth-order valence-corrected chi connectivity index (χ4v) is 2.16. The molecule has 0 spiro atoms. The second kappa shape index (κ2) is 7.14. The second-order valence-electron chi connectivity index (χ2n) is 4.72. The standard InChI is InChI=1S/C17H18ClNO2/c1-3-13-7-4-5-10-16(13)21-12(2)17(20)19-15-9-6-8-14(18)11-15/h4-12H,3H2,1-2H3,(H,19,20). The predicted octanol–water partition coefficient (Wildman–Crippen LogP) is 4.31. The van der Waals surface area contributed by atoms with E-state index < -0.39 is 6.10 Å². The van der Waals surface area contributed by atoms with E-state index in [1.54, 1.807) is 31.2 Å². The number of ether oxygens (including phenoxy) is 1. The molecule has 1 amide bonds. The Morgan fingerprint density at radius 2 is 2.00 bits per heavy atom. The molecule has 0 aliphatic carbocycles. The molecule has 0 saturated heterocycles. The molecule has 0 heterocycles. The van der Waals surface area contributed by atoms with Crippen LogP contribution in [0.5, 0.6) is 5.75 Å². The van der Waals surface area contributed by atoms with Crippen LogP contribution in [0.15, 0.2) is 48.5 Å².